The first-order valence-corrected chi connectivity index (χ1v) is 8.18. The fourth-order valence-electron chi connectivity index (χ4n) is 3.04. The quantitative estimate of drug-likeness (QED) is 0.800. The molecule has 1 aromatic carbocycles. The maximum Gasteiger partial charge on any atom is 0.222 e. The highest BCUT2D eigenvalue weighted by molar-refractivity contribution is 5.78. The van der Waals surface area contributed by atoms with Crippen LogP contribution in [0.15, 0.2) is 18.2 Å². The molecule has 2 aliphatic rings. The lowest BCUT2D eigenvalue weighted by Crippen LogP contribution is -2.45. The van der Waals surface area contributed by atoms with Gasteiger partial charge < -0.3 is 20.7 Å². The summed E-state index contributed by atoms with van der Waals surface area (Å²) >= 11 is 0. The summed E-state index contributed by atoms with van der Waals surface area (Å²) in [5.41, 5.74) is 2.29. The van der Waals surface area contributed by atoms with Crippen molar-refractivity contribution < 1.29 is 9.53 Å². The third kappa shape index (κ3) is 3.35. The van der Waals surface area contributed by atoms with Crippen molar-refractivity contribution in [3.05, 3.63) is 23.8 Å². The molecule has 0 aromatic heterocycles. The molecule has 0 radical (unpaired) electrons. The highest BCUT2D eigenvalue weighted by Gasteiger charge is 2.25. The molecule has 2 atom stereocenters. The molecule has 22 heavy (non-hydrogen) atoms. The van der Waals surface area contributed by atoms with E-state index >= 15 is 0 Å². The Morgan fingerprint density at radius 1 is 1.36 bits per heavy atom. The zero-order valence-electron chi connectivity index (χ0n) is 13.3. The first-order valence-electron chi connectivity index (χ1n) is 8.18. The van der Waals surface area contributed by atoms with Gasteiger partial charge in [0.1, 0.15) is 12.4 Å². The van der Waals surface area contributed by atoms with E-state index in [4.69, 9.17) is 4.74 Å². The van der Waals surface area contributed by atoms with Crippen molar-refractivity contribution in [2.75, 3.05) is 25.0 Å². The van der Waals surface area contributed by atoms with Crippen LogP contribution in [0.5, 0.6) is 5.75 Å². The SMILES string of the molecule is CC(C)C(=O)NC1CCNC(c2ccc3c(c2)OCCN3)C1. The zero-order valence-corrected chi connectivity index (χ0v) is 13.3. The number of ether oxygens (including phenoxy) is 1. The van der Waals surface area contributed by atoms with E-state index in [-0.39, 0.29) is 23.9 Å². The molecule has 1 aromatic rings. The van der Waals surface area contributed by atoms with Gasteiger partial charge in [-0.3, -0.25) is 4.79 Å². The summed E-state index contributed by atoms with van der Waals surface area (Å²) in [5, 5.41) is 10.0. The largest absolute Gasteiger partial charge is 0.490 e. The maximum atomic E-state index is 11.9. The van der Waals surface area contributed by atoms with Gasteiger partial charge in [-0.25, -0.2) is 0 Å². The average molecular weight is 303 g/mol. The monoisotopic (exact) mass is 303 g/mol. The summed E-state index contributed by atoms with van der Waals surface area (Å²) in [4.78, 5) is 11.9. The third-order valence-electron chi connectivity index (χ3n) is 4.36. The standard InChI is InChI=1S/C17H25N3O2/c1-11(2)17(21)20-13-5-6-18-15(10-13)12-3-4-14-16(9-12)22-8-7-19-14/h3-4,9,11,13,15,18-19H,5-8,10H2,1-2H3,(H,20,21). The highest BCUT2D eigenvalue weighted by Crippen LogP contribution is 2.32. The second-order valence-electron chi connectivity index (χ2n) is 6.42. The number of amides is 1. The summed E-state index contributed by atoms with van der Waals surface area (Å²) in [6.45, 7) is 6.35. The van der Waals surface area contributed by atoms with E-state index in [1.165, 1.54) is 5.56 Å². The van der Waals surface area contributed by atoms with Crippen molar-refractivity contribution in [3.8, 4) is 5.75 Å². The second kappa shape index (κ2) is 6.57. The van der Waals surface area contributed by atoms with Gasteiger partial charge in [0.2, 0.25) is 5.91 Å². The van der Waals surface area contributed by atoms with Crippen LogP contribution in [0.4, 0.5) is 5.69 Å². The number of hydrogen-bond donors (Lipinski definition) is 3. The molecule has 1 saturated heterocycles. The molecule has 5 nitrogen and oxygen atoms in total. The molecule has 1 amide bonds. The Morgan fingerprint density at radius 2 is 2.23 bits per heavy atom. The van der Waals surface area contributed by atoms with E-state index < -0.39 is 0 Å². The third-order valence-corrected chi connectivity index (χ3v) is 4.36. The maximum absolute atomic E-state index is 11.9. The molecule has 120 valence electrons. The number of hydrogen-bond acceptors (Lipinski definition) is 4. The van der Waals surface area contributed by atoms with Crippen molar-refractivity contribution in [1.29, 1.82) is 0 Å². The molecule has 0 aliphatic carbocycles. The minimum atomic E-state index is 0.0385. The van der Waals surface area contributed by atoms with Gasteiger partial charge in [0, 0.05) is 24.5 Å². The summed E-state index contributed by atoms with van der Waals surface area (Å²) < 4.78 is 5.72. The Bertz CT molecular complexity index is 545. The van der Waals surface area contributed by atoms with Crippen molar-refractivity contribution >= 4 is 11.6 Å². The molecule has 5 heteroatoms. The van der Waals surface area contributed by atoms with Gasteiger partial charge in [0.05, 0.1) is 5.69 Å². The van der Waals surface area contributed by atoms with E-state index in [0.717, 1.165) is 37.4 Å². The lowest BCUT2D eigenvalue weighted by molar-refractivity contribution is -0.124. The molecule has 0 bridgehead atoms. The van der Waals surface area contributed by atoms with Crippen molar-refractivity contribution in [2.24, 2.45) is 5.92 Å². The van der Waals surface area contributed by atoms with Gasteiger partial charge in [-0.1, -0.05) is 19.9 Å². The summed E-state index contributed by atoms with van der Waals surface area (Å²) in [6.07, 6.45) is 1.91. The van der Waals surface area contributed by atoms with E-state index in [0.29, 0.717) is 6.61 Å². The Balaban J connectivity index is 1.68. The molecular formula is C17H25N3O2. The lowest BCUT2D eigenvalue weighted by Gasteiger charge is -2.32. The van der Waals surface area contributed by atoms with Crippen LogP contribution in [0.25, 0.3) is 0 Å². The number of nitrogens with one attached hydrogen (secondary N) is 3. The number of benzene rings is 1. The summed E-state index contributed by atoms with van der Waals surface area (Å²) in [6, 6.07) is 6.86. The van der Waals surface area contributed by atoms with Gasteiger partial charge >= 0.3 is 0 Å². The number of anilines is 1. The van der Waals surface area contributed by atoms with Crippen LogP contribution in [-0.4, -0.2) is 31.6 Å². The average Bonchev–Trinajstić information content (AvgIpc) is 2.54. The minimum absolute atomic E-state index is 0.0385. The Labute approximate surface area is 131 Å². The van der Waals surface area contributed by atoms with E-state index in [1.807, 2.05) is 13.8 Å². The van der Waals surface area contributed by atoms with Gasteiger partial charge in [0.15, 0.2) is 0 Å². The Hall–Kier alpha value is -1.75. The molecule has 2 unspecified atom stereocenters. The molecule has 1 fully saturated rings. The number of fused-ring (bicyclic) bond motifs is 1. The summed E-state index contributed by atoms with van der Waals surface area (Å²) in [7, 11) is 0. The first-order chi connectivity index (χ1) is 10.6. The highest BCUT2D eigenvalue weighted by atomic mass is 16.5. The number of carbonyl (C=O) groups is 1. The van der Waals surface area contributed by atoms with E-state index in [9.17, 15) is 4.79 Å². The van der Waals surface area contributed by atoms with E-state index in [2.05, 4.69) is 34.1 Å². The molecule has 3 rings (SSSR count). The lowest BCUT2D eigenvalue weighted by atomic mass is 9.93. The van der Waals surface area contributed by atoms with Crippen LogP contribution < -0.4 is 20.7 Å². The number of rotatable bonds is 3. The van der Waals surface area contributed by atoms with E-state index in [1.54, 1.807) is 0 Å². The first kappa shape index (κ1) is 15.2. The van der Waals surface area contributed by atoms with Gasteiger partial charge in [-0.2, -0.15) is 0 Å². The van der Waals surface area contributed by atoms with Crippen LogP contribution in [0, 0.1) is 5.92 Å². The fraction of sp³-hybridized carbons (Fsp3) is 0.588. The summed E-state index contributed by atoms with van der Waals surface area (Å²) in [5.74, 6) is 1.11. The zero-order chi connectivity index (χ0) is 15.5. The van der Waals surface area contributed by atoms with Crippen LogP contribution in [-0.2, 0) is 4.79 Å². The fourth-order valence-corrected chi connectivity index (χ4v) is 3.04. The van der Waals surface area contributed by atoms with Crippen molar-refractivity contribution in [1.82, 2.24) is 10.6 Å². The molecule has 0 saturated carbocycles. The van der Waals surface area contributed by atoms with Crippen molar-refractivity contribution in [2.45, 2.75) is 38.8 Å². The predicted molar refractivity (Wildman–Crippen MR) is 87.2 cm³/mol. The Kier molecular flexibility index (Phi) is 4.52. The van der Waals surface area contributed by atoms with Gasteiger partial charge in [-0.05, 0) is 37.1 Å². The minimum Gasteiger partial charge on any atom is -0.490 e. The van der Waals surface area contributed by atoms with Gasteiger partial charge in [-0.15, -0.1) is 0 Å². The molecule has 0 spiro atoms. The number of piperidine rings is 1. The van der Waals surface area contributed by atoms with Crippen LogP contribution in [0.2, 0.25) is 0 Å². The Morgan fingerprint density at radius 3 is 3.05 bits per heavy atom. The second-order valence-corrected chi connectivity index (χ2v) is 6.42. The smallest absolute Gasteiger partial charge is 0.222 e. The molecule has 2 heterocycles. The normalized spacial score (nSPS) is 24.1. The topological polar surface area (TPSA) is 62.4 Å². The van der Waals surface area contributed by atoms with Crippen LogP contribution in [0.1, 0.15) is 38.3 Å². The molecular weight excluding hydrogens is 278 g/mol. The van der Waals surface area contributed by atoms with Crippen LogP contribution in [0.3, 0.4) is 0 Å². The van der Waals surface area contributed by atoms with Crippen molar-refractivity contribution in [3.63, 3.8) is 0 Å². The number of carbonyl (C=O) groups excluding carboxylic acids is 1. The van der Waals surface area contributed by atoms with Gasteiger partial charge in [0.25, 0.3) is 0 Å². The molecule has 3 N–H and O–H groups in total. The molecule has 2 aliphatic heterocycles. The predicted octanol–water partition coefficient (Wildman–Crippen LogP) is 2.06. The van der Waals surface area contributed by atoms with Crippen LogP contribution >= 0.6 is 0 Å².